The predicted molar refractivity (Wildman–Crippen MR) is 120 cm³/mol. The Morgan fingerprint density at radius 2 is 1.84 bits per heavy atom. The summed E-state index contributed by atoms with van der Waals surface area (Å²) < 4.78 is 52.6. The van der Waals surface area contributed by atoms with E-state index in [2.05, 4.69) is 10.3 Å². The molecule has 178 valence electrons. The van der Waals surface area contributed by atoms with Gasteiger partial charge in [0.2, 0.25) is 11.6 Å². The molecule has 0 radical (unpaired) electrons. The summed E-state index contributed by atoms with van der Waals surface area (Å²) in [5.41, 5.74) is 1.52. The van der Waals surface area contributed by atoms with Crippen LogP contribution in [0.5, 0.6) is 23.1 Å². The number of ether oxygens (including phenoxy) is 4. The van der Waals surface area contributed by atoms with E-state index in [1.54, 1.807) is 12.1 Å². The molecular formula is C20H27ClN2O8S. The summed E-state index contributed by atoms with van der Waals surface area (Å²) in [6.07, 6.45) is 0.823. The Balaban J connectivity index is 2.53. The number of benzene rings is 1. The van der Waals surface area contributed by atoms with Gasteiger partial charge in [0.25, 0.3) is 10.1 Å². The molecule has 2 rings (SSSR count). The Labute approximate surface area is 191 Å². The number of methoxy groups -OCH3 is 3. The number of aromatic amines is 1. The monoisotopic (exact) mass is 490 g/mol. The largest absolute Gasteiger partial charge is 0.493 e. The van der Waals surface area contributed by atoms with Crippen LogP contribution in [0.2, 0.25) is 5.02 Å². The molecule has 0 aliphatic rings. The van der Waals surface area contributed by atoms with Gasteiger partial charge in [0.1, 0.15) is 5.02 Å². The van der Waals surface area contributed by atoms with Gasteiger partial charge in [-0.3, -0.25) is 9.35 Å². The first-order valence-corrected chi connectivity index (χ1v) is 11.7. The topological polar surface area (TPSA) is 136 Å². The molecule has 1 aromatic carbocycles. The molecule has 32 heavy (non-hydrogen) atoms. The van der Waals surface area contributed by atoms with Gasteiger partial charge in [0.05, 0.1) is 27.1 Å². The van der Waals surface area contributed by atoms with Crippen molar-refractivity contribution in [3.05, 3.63) is 22.8 Å². The van der Waals surface area contributed by atoms with Crippen molar-refractivity contribution in [2.45, 2.75) is 26.3 Å². The molecule has 1 heterocycles. The normalized spacial score (nSPS) is 11.3. The third kappa shape index (κ3) is 6.28. The molecule has 0 aliphatic heterocycles. The van der Waals surface area contributed by atoms with Crippen LogP contribution in [-0.4, -0.2) is 57.6 Å². The minimum atomic E-state index is -4.11. The maximum atomic E-state index is 12.0. The molecule has 0 atom stereocenters. The molecule has 0 aliphatic carbocycles. The lowest BCUT2D eigenvalue weighted by Gasteiger charge is -2.16. The minimum Gasteiger partial charge on any atom is -0.493 e. The van der Waals surface area contributed by atoms with Crippen LogP contribution in [0.4, 0.5) is 0 Å². The highest BCUT2D eigenvalue weighted by Crippen LogP contribution is 2.48. The molecule has 12 heteroatoms. The SMILES string of the molecule is CCCC(=O)Oc1[nH]c(CNCCS(=O)(=O)O)c(-c2ccc(OC)c(OC)c2OC)c1Cl. The van der Waals surface area contributed by atoms with Crippen LogP contribution in [0.15, 0.2) is 12.1 Å². The first-order chi connectivity index (χ1) is 15.2. The van der Waals surface area contributed by atoms with Crippen molar-refractivity contribution in [1.29, 1.82) is 0 Å². The van der Waals surface area contributed by atoms with Gasteiger partial charge in [-0.1, -0.05) is 18.5 Å². The summed E-state index contributed by atoms with van der Waals surface area (Å²) in [4.78, 5) is 15.0. The number of H-pyrrole nitrogens is 1. The van der Waals surface area contributed by atoms with Crippen molar-refractivity contribution in [2.24, 2.45) is 0 Å². The number of esters is 1. The van der Waals surface area contributed by atoms with E-state index in [1.165, 1.54) is 21.3 Å². The van der Waals surface area contributed by atoms with Crippen molar-refractivity contribution >= 4 is 27.7 Å². The third-order valence-electron chi connectivity index (χ3n) is 4.47. The summed E-state index contributed by atoms with van der Waals surface area (Å²) in [5.74, 6) is 0.283. The van der Waals surface area contributed by atoms with E-state index in [1.807, 2.05) is 6.92 Å². The molecule has 10 nitrogen and oxygen atoms in total. The number of rotatable bonds is 12. The molecule has 0 unspecified atom stereocenters. The highest BCUT2D eigenvalue weighted by Gasteiger charge is 2.26. The Morgan fingerprint density at radius 1 is 1.16 bits per heavy atom. The lowest BCUT2D eigenvalue weighted by Crippen LogP contribution is -2.22. The molecule has 0 bridgehead atoms. The number of carbonyl (C=O) groups excluding carboxylic acids is 1. The summed E-state index contributed by atoms with van der Waals surface area (Å²) in [6, 6.07) is 3.40. The predicted octanol–water partition coefficient (Wildman–Crippen LogP) is 3.04. The fourth-order valence-electron chi connectivity index (χ4n) is 3.07. The summed E-state index contributed by atoms with van der Waals surface area (Å²) in [7, 11) is 0.321. The van der Waals surface area contributed by atoms with Crippen molar-refractivity contribution in [3.8, 4) is 34.3 Å². The van der Waals surface area contributed by atoms with Crippen LogP contribution in [0.3, 0.4) is 0 Å². The van der Waals surface area contributed by atoms with Crippen molar-refractivity contribution < 1.29 is 36.7 Å². The molecule has 3 N–H and O–H groups in total. The zero-order valence-corrected chi connectivity index (χ0v) is 19.9. The summed E-state index contributed by atoms with van der Waals surface area (Å²) >= 11 is 6.59. The minimum absolute atomic E-state index is 0.0110. The molecule has 0 saturated heterocycles. The maximum absolute atomic E-state index is 12.0. The molecule has 0 fully saturated rings. The van der Waals surface area contributed by atoms with Crippen molar-refractivity contribution in [3.63, 3.8) is 0 Å². The molecule has 0 spiro atoms. The van der Waals surface area contributed by atoms with Crippen LogP contribution in [0.1, 0.15) is 25.5 Å². The zero-order chi connectivity index (χ0) is 23.9. The van der Waals surface area contributed by atoms with Gasteiger partial charge in [-0.2, -0.15) is 8.42 Å². The number of hydrogen-bond donors (Lipinski definition) is 3. The number of nitrogens with one attached hydrogen (secondary N) is 2. The van der Waals surface area contributed by atoms with Crippen molar-refractivity contribution in [2.75, 3.05) is 33.6 Å². The van der Waals surface area contributed by atoms with E-state index < -0.39 is 21.8 Å². The summed E-state index contributed by atoms with van der Waals surface area (Å²) in [5, 5.41) is 3.05. The van der Waals surface area contributed by atoms with E-state index in [-0.39, 0.29) is 30.4 Å². The fourth-order valence-corrected chi connectivity index (χ4v) is 3.77. The van der Waals surface area contributed by atoms with Gasteiger partial charge in [0.15, 0.2) is 11.5 Å². The smallest absolute Gasteiger partial charge is 0.312 e. The second kappa shape index (κ2) is 11.4. The molecule has 1 aromatic heterocycles. The van der Waals surface area contributed by atoms with E-state index in [9.17, 15) is 13.2 Å². The van der Waals surface area contributed by atoms with Gasteiger partial charge in [-0.25, -0.2) is 0 Å². The van der Waals surface area contributed by atoms with Gasteiger partial charge in [-0.15, -0.1) is 0 Å². The third-order valence-corrected chi connectivity index (χ3v) is 5.55. The van der Waals surface area contributed by atoms with Crippen molar-refractivity contribution in [1.82, 2.24) is 10.3 Å². The van der Waals surface area contributed by atoms with Gasteiger partial charge >= 0.3 is 5.97 Å². The number of aromatic nitrogens is 1. The van der Waals surface area contributed by atoms with Gasteiger partial charge in [0, 0.05) is 36.3 Å². The maximum Gasteiger partial charge on any atom is 0.312 e. The quantitative estimate of drug-likeness (QED) is 0.233. The van der Waals surface area contributed by atoms with Gasteiger partial charge in [-0.05, 0) is 18.6 Å². The Bertz CT molecular complexity index is 1050. The first-order valence-electron chi connectivity index (χ1n) is 9.73. The highest BCUT2D eigenvalue weighted by atomic mass is 35.5. The molecule has 0 saturated carbocycles. The fraction of sp³-hybridized carbons (Fsp3) is 0.450. The average molecular weight is 491 g/mol. The average Bonchev–Trinajstić information content (AvgIpc) is 3.04. The number of halogens is 1. The second-order valence-corrected chi connectivity index (χ2v) is 8.64. The number of carbonyl (C=O) groups is 1. The molecular weight excluding hydrogens is 464 g/mol. The van der Waals surface area contributed by atoms with Gasteiger partial charge < -0.3 is 29.2 Å². The Hall–Kier alpha value is -2.47. The van der Waals surface area contributed by atoms with Crippen LogP contribution in [0.25, 0.3) is 11.1 Å². The van der Waals surface area contributed by atoms with Crippen LogP contribution < -0.4 is 24.3 Å². The first kappa shape index (κ1) is 25.8. The van der Waals surface area contributed by atoms with E-state index in [0.29, 0.717) is 40.5 Å². The standard InChI is InChI=1S/C20H27ClN2O8S/c1-5-6-15(24)31-20-17(21)16(13(23-20)11-22-9-10-32(25,26)27)12-7-8-14(28-2)19(30-4)18(12)29-3/h7-8,22-23H,5-6,9-11H2,1-4H3,(H,25,26,27). The number of hydrogen-bond acceptors (Lipinski definition) is 8. The highest BCUT2D eigenvalue weighted by molar-refractivity contribution is 7.85. The van der Waals surface area contributed by atoms with E-state index >= 15 is 0 Å². The summed E-state index contributed by atoms with van der Waals surface area (Å²) in [6.45, 7) is 1.97. The van der Waals surface area contributed by atoms with E-state index in [4.69, 9.17) is 35.1 Å². The Morgan fingerprint density at radius 3 is 2.41 bits per heavy atom. The van der Waals surface area contributed by atoms with Crippen LogP contribution in [0, 0.1) is 0 Å². The van der Waals surface area contributed by atoms with Crippen LogP contribution >= 0.6 is 11.6 Å². The lowest BCUT2D eigenvalue weighted by atomic mass is 10.0. The second-order valence-electron chi connectivity index (χ2n) is 6.69. The molecule has 0 amide bonds. The Kier molecular flexibility index (Phi) is 9.20. The lowest BCUT2D eigenvalue weighted by molar-refractivity contribution is -0.134. The molecule has 2 aromatic rings. The van der Waals surface area contributed by atoms with Crippen LogP contribution in [-0.2, 0) is 21.5 Å². The van der Waals surface area contributed by atoms with E-state index in [0.717, 1.165) is 0 Å². The zero-order valence-electron chi connectivity index (χ0n) is 18.3.